The first kappa shape index (κ1) is 20.2. The van der Waals surface area contributed by atoms with Crippen LogP contribution in [0.1, 0.15) is 19.8 Å². The number of anilines is 1. The van der Waals surface area contributed by atoms with Gasteiger partial charge in [0, 0.05) is 24.7 Å². The molecular weight excluding hydrogens is 306 g/mol. The molecule has 0 aromatic heterocycles. The van der Waals surface area contributed by atoms with Crippen molar-refractivity contribution in [1.29, 1.82) is 0 Å². The van der Waals surface area contributed by atoms with E-state index in [0.29, 0.717) is 37.4 Å². The topological polar surface area (TPSA) is 84.7 Å². The second-order valence-electron chi connectivity index (χ2n) is 4.58. The lowest BCUT2D eigenvalue weighted by Crippen LogP contribution is -2.37. The Labute approximate surface area is 137 Å². The average molecular weight is 330 g/mol. The van der Waals surface area contributed by atoms with Crippen molar-refractivity contribution in [1.82, 2.24) is 4.90 Å². The van der Waals surface area contributed by atoms with E-state index >= 15 is 0 Å². The van der Waals surface area contributed by atoms with Crippen LogP contribution in [0, 0.1) is 0 Å². The van der Waals surface area contributed by atoms with Gasteiger partial charge in [0.05, 0.1) is 13.7 Å². The average Bonchev–Trinajstić information content (AvgIpc) is 2.50. The second-order valence-corrected chi connectivity index (χ2v) is 4.58. The van der Waals surface area contributed by atoms with E-state index in [1.165, 1.54) is 4.90 Å². The van der Waals surface area contributed by atoms with Gasteiger partial charge in [0.15, 0.2) is 0 Å². The van der Waals surface area contributed by atoms with E-state index in [1.807, 2.05) is 6.92 Å². The molecular formula is C15H24ClN3O3. The van der Waals surface area contributed by atoms with Gasteiger partial charge in [-0.2, -0.15) is 0 Å². The number of carbonyl (C=O) groups is 2. The van der Waals surface area contributed by atoms with Crippen molar-refractivity contribution < 1.29 is 14.3 Å². The van der Waals surface area contributed by atoms with Crippen LogP contribution in [0.5, 0.6) is 5.75 Å². The first-order chi connectivity index (χ1) is 10.1. The molecule has 1 aromatic carbocycles. The molecule has 0 fully saturated rings. The Hall–Kier alpha value is -1.79. The first-order valence-electron chi connectivity index (χ1n) is 7.02. The molecule has 6 nitrogen and oxygen atoms in total. The summed E-state index contributed by atoms with van der Waals surface area (Å²) < 4.78 is 5.09. The summed E-state index contributed by atoms with van der Waals surface area (Å²) in [5, 5.41) is 2.75. The Balaban J connectivity index is 0.00000441. The van der Waals surface area contributed by atoms with Gasteiger partial charge < -0.3 is 20.7 Å². The number of methoxy groups -OCH3 is 1. The van der Waals surface area contributed by atoms with Crippen LogP contribution in [0.3, 0.4) is 0 Å². The SMILES string of the molecule is CCN(CC(=O)Nc1cccc(OC)c1)C(=O)CCCN.Cl. The number of ether oxygens (including phenoxy) is 1. The molecule has 1 rings (SSSR count). The molecule has 0 aliphatic carbocycles. The number of hydrogen-bond acceptors (Lipinski definition) is 4. The van der Waals surface area contributed by atoms with E-state index in [-0.39, 0.29) is 30.8 Å². The highest BCUT2D eigenvalue weighted by molar-refractivity contribution is 5.94. The molecule has 0 atom stereocenters. The molecule has 0 unspecified atom stereocenters. The summed E-state index contributed by atoms with van der Waals surface area (Å²) in [6.45, 7) is 2.85. The number of nitrogens with two attached hydrogens (primary N) is 1. The van der Waals surface area contributed by atoms with E-state index < -0.39 is 0 Å². The van der Waals surface area contributed by atoms with Crippen LogP contribution in [0.4, 0.5) is 5.69 Å². The van der Waals surface area contributed by atoms with Crippen molar-refractivity contribution in [3.8, 4) is 5.75 Å². The van der Waals surface area contributed by atoms with Gasteiger partial charge in [-0.25, -0.2) is 0 Å². The molecule has 22 heavy (non-hydrogen) atoms. The predicted molar refractivity (Wildman–Crippen MR) is 89.4 cm³/mol. The number of likely N-dealkylation sites (N-methyl/N-ethyl adjacent to an activating group) is 1. The van der Waals surface area contributed by atoms with Gasteiger partial charge in [-0.1, -0.05) is 6.07 Å². The highest BCUT2D eigenvalue weighted by Gasteiger charge is 2.15. The van der Waals surface area contributed by atoms with E-state index in [0.717, 1.165) is 0 Å². The largest absolute Gasteiger partial charge is 0.497 e. The molecule has 0 radical (unpaired) electrons. The third-order valence-electron chi connectivity index (χ3n) is 3.02. The van der Waals surface area contributed by atoms with Crippen molar-refractivity contribution in [2.75, 3.05) is 32.1 Å². The summed E-state index contributed by atoms with van der Waals surface area (Å²) in [6, 6.07) is 7.08. The zero-order valence-electron chi connectivity index (χ0n) is 13.0. The number of amides is 2. The summed E-state index contributed by atoms with van der Waals surface area (Å²) in [5.41, 5.74) is 6.03. The Morgan fingerprint density at radius 1 is 1.36 bits per heavy atom. The molecule has 124 valence electrons. The molecule has 0 bridgehead atoms. The summed E-state index contributed by atoms with van der Waals surface area (Å²) >= 11 is 0. The summed E-state index contributed by atoms with van der Waals surface area (Å²) in [5.74, 6) is 0.383. The summed E-state index contributed by atoms with van der Waals surface area (Å²) in [7, 11) is 1.57. The maximum absolute atomic E-state index is 12.0. The predicted octanol–water partition coefficient (Wildman–Crippen LogP) is 1.64. The number of nitrogens with zero attached hydrogens (tertiary/aromatic N) is 1. The van der Waals surface area contributed by atoms with Crippen LogP contribution in [-0.2, 0) is 9.59 Å². The minimum Gasteiger partial charge on any atom is -0.497 e. The number of halogens is 1. The third kappa shape index (κ3) is 6.78. The van der Waals surface area contributed by atoms with Gasteiger partial charge in [0.1, 0.15) is 5.75 Å². The molecule has 0 spiro atoms. The molecule has 0 saturated heterocycles. The van der Waals surface area contributed by atoms with Crippen molar-refractivity contribution >= 4 is 29.9 Å². The molecule has 1 aromatic rings. The second kappa shape index (κ2) is 10.9. The van der Waals surface area contributed by atoms with Gasteiger partial charge in [-0.15, -0.1) is 12.4 Å². The van der Waals surface area contributed by atoms with Crippen LogP contribution >= 0.6 is 12.4 Å². The third-order valence-corrected chi connectivity index (χ3v) is 3.02. The smallest absolute Gasteiger partial charge is 0.243 e. The zero-order valence-corrected chi connectivity index (χ0v) is 13.8. The monoisotopic (exact) mass is 329 g/mol. The fourth-order valence-electron chi connectivity index (χ4n) is 1.86. The first-order valence-corrected chi connectivity index (χ1v) is 7.02. The van der Waals surface area contributed by atoms with E-state index in [2.05, 4.69) is 5.32 Å². The van der Waals surface area contributed by atoms with E-state index in [9.17, 15) is 9.59 Å². The molecule has 0 heterocycles. The normalized spacial score (nSPS) is 9.59. The lowest BCUT2D eigenvalue weighted by molar-refractivity contribution is -0.134. The number of rotatable bonds is 8. The Kier molecular flexibility index (Phi) is 9.98. The van der Waals surface area contributed by atoms with Crippen LogP contribution < -0.4 is 15.8 Å². The fraction of sp³-hybridized carbons (Fsp3) is 0.467. The Morgan fingerprint density at radius 3 is 2.68 bits per heavy atom. The zero-order chi connectivity index (χ0) is 15.7. The number of hydrogen-bond donors (Lipinski definition) is 2. The van der Waals surface area contributed by atoms with Gasteiger partial charge in [-0.05, 0) is 32.0 Å². The minimum absolute atomic E-state index is 0. The van der Waals surface area contributed by atoms with Crippen molar-refractivity contribution in [2.45, 2.75) is 19.8 Å². The van der Waals surface area contributed by atoms with Crippen LogP contribution in [0.25, 0.3) is 0 Å². The standard InChI is InChI=1S/C15H23N3O3.ClH/c1-3-18(15(20)8-5-9-16)11-14(19)17-12-6-4-7-13(10-12)21-2;/h4,6-7,10H,3,5,8-9,11,16H2,1-2H3,(H,17,19);1H. The van der Waals surface area contributed by atoms with E-state index in [1.54, 1.807) is 31.4 Å². The summed E-state index contributed by atoms with van der Waals surface area (Å²) in [4.78, 5) is 25.4. The number of benzene rings is 1. The number of carbonyl (C=O) groups excluding carboxylic acids is 2. The maximum Gasteiger partial charge on any atom is 0.243 e. The molecule has 0 saturated carbocycles. The van der Waals surface area contributed by atoms with Gasteiger partial charge in [0.2, 0.25) is 11.8 Å². The molecule has 3 N–H and O–H groups in total. The van der Waals surface area contributed by atoms with Crippen molar-refractivity contribution in [2.24, 2.45) is 5.73 Å². The molecule has 2 amide bonds. The van der Waals surface area contributed by atoms with Gasteiger partial charge in [0.25, 0.3) is 0 Å². The molecule has 0 aliphatic heterocycles. The van der Waals surface area contributed by atoms with Gasteiger partial charge >= 0.3 is 0 Å². The Morgan fingerprint density at radius 2 is 2.09 bits per heavy atom. The lowest BCUT2D eigenvalue weighted by Gasteiger charge is -2.20. The summed E-state index contributed by atoms with van der Waals surface area (Å²) in [6.07, 6.45) is 1.00. The fourth-order valence-corrected chi connectivity index (χ4v) is 1.86. The van der Waals surface area contributed by atoms with Crippen LogP contribution in [-0.4, -0.2) is 43.5 Å². The Bertz CT molecular complexity index is 483. The van der Waals surface area contributed by atoms with E-state index in [4.69, 9.17) is 10.5 Å². The minimum atomic E-state index is -0.230. The molecule has 7 heteroatoms. The number of nitrogens with one attached hydrogen (secondary N) is 1. The highest BCUT2D eigenvalue weighted by Crippen LogP contribution is 2.16. The molecule has 0 aliphatic rings. The van der Waals surface area contributed by atoms with Crippen molar-refractivity contribution in [3.05, 3.63) is 24.3 Å². The van der Waals surface area contributed by atoms with Gasteiger partial charge in [-0.3, -0.25) is 9.59 Å². The highest BCUT2D eigenvalue weighted by atomic mass is 35.5. The maximum atomic E-state index is 12.0. The lowest BCUT2D eigenvalue weighted by atomic mass is 10.2. The van der Waals surface area contributed by atoms with Crippen LogP contribution in [0.15, 0.2) is 24.3 Å². The van der Waals surface area contributed by atoms with Crippen molar-refractivity contribution in [3.63, 3.8) is 0 Å². The van der Waals surface area contributed by atoms with Crippen LogP contribution in [0.2, 0.25) is 0 Å². The quantitative estimate of drug-likeness (QED) is 0.759.